The molecule has 1 aromatic carbocycles. The molecule has 0 radical (unpaired) electrons. The van der Waals surface area contributed by atoms with Gasteiger partial charge in [0.2, 0.25) is 10.0 Å². The van der Waals surface area contributed by atoms with E-state index in [9.17, 15) is 13.2 Å². The van der Waals surface area contributed by atoms with Gasteiger partial charge in [0.05, 0.1) is 18.0 Å². The highest BCUT2D eigenvalue weighted by Gasteiger charge is 2.28. The Balaban J connectivity index is 1.50. The number of aromatic nitrogens is 1. The summed E-state index contributed by atoms with van der Waals surface area (Å²) in [6.07, 6.45) is 6.48. The standard InChI is InChI=1S/C21H25N3O3S/c25-21-9-8-20(28(26,27)24-12-4-5-13-24)16-23(21)17-22-14-10-19(11-15-22)18-6-2-1-3-7-18/h1-3,6-10,16H,4-5,11-15,17H2/p+1. The van der Waals surface area contributed by atoms with Gasteiger partial charge in [0.15, 0.2) is 6.67 Å². The maximum Gasteiger partial charge on any atom is 0.254 e. The summed E-state index contributed by atoms with van der Waals surface area (Å²) in [5.74, 6) is 0. The van der Waals surface area contributed by atoms with E-state index < -0.39 is 10.0 Å². The van der Waals surface area contributed by atoms with Gasteiger partial charge in [-0.1, -0.05) is 30.3 Å². The summed E-state index contributed by atoms with van der Waals surface area (Å²) in [4.78, 5) is 13.8. The summed E-state index contributed by atoms with van der Waals surface area (Å²) >= 11 is 0. The lowest BCUT2D eigenvalue weighted by Gasteiger charge is -2.24. The van der Waals surface area contributed by atoms with Crippen molar-refractivity contribution in [2.24, 2.45) is 0 Å². The van der Waals surface area contributed by atoms with Crippen LogP contribution in [0.5, 0.6) is 0 Å². The summed E-state index contributed by atoms with van der Waals surface area (Å²) in [5.41, 5.74) is 2.42. The highest BCUT2D eigenvalue weighted by Crippen LogP contribution is 2.20. The Kier molecular flexibility index (Phi) is 5.48. The van der Waals surface area contributed by atoms with Crippen LogP contribution in [-0.4, -0.2) is 43.5 Å². The molecule has 1 fully saturated rings. The van der Waals surface area contributed by atoms with Gasteiger partial charge in [-0.3, -0.25) is 9.36 Å². The average Bonchev–Trinajstić information content (AvgIpc) is 3.27. The maximum absolute atomic E-state index is 12.8. The van der Waals surface area contributed by atoms with Gasteiger partial charge in [-0.25, -0.2) is 8.42 Å². The fraction of sp³-hybridized carbons (Fsp3) is 0.381. The Morgan fingerprint density at radius 2 is 1.75 bits per heavy atom. The maximum atomic E-state index is 12.8. The van der Waals surface area contributed by atoms with Gasteiger partial charge >= 0.3 is 0 Å². The van der Waals surface area contributed by atoms with Crippen molar-refractivity contribution in [3.8, 4) is 0 Å². The topological polar surface area (TPSA) is 63.8 Å². The third-order valence-corrected chi connectivity index (χ3v) is 7.46. The van der Waals surface area contributed by atoms with Gasteiger partial charge in [-0.15, -0.1) is 0 Å². The molecule has 0 aliphatic carbocycles. The second-order valence-corrected chi connectivity index (χ2v) is 9.43. The predicted molar refractivity (Wildman–Crippen MR) is 108 cm³/mol. The van der Waals surface area contributed by atoms with Crippen molar-refractivity contribution < 1.29 is 13.3 Å². The van der Waals surface area contributed by atoms with E-state index in [0.717, 1.165) is 32.4 Å². The van der Waals surface area contributed by atoms with Crippen molar-refractivity contribution in [2.45, 2.75) is 30.8 Å². The van der Waals surface area contributed by atoms with Gasteiger partial charge in [0.25, 0.3) is 5.56 Å². The van der Waals surface area contributed by atoms with Crippen molar-refractivity contribution >= 4 is 15.6 Å². The Bertz CT molecular complexity index is 1020. The van der Waals surface area contributed by atoms with Crippen LogP contribution >= 0.6 is 0 Å². The molecule has 0 spiro atoms. The second-order valence-electron chi connectivity index (χ2n) is 7.49. The fourth-order valence-electron chi connectivity index (χ4n) is 3.95. The number of benzene rings is 1. The van der Waals surface area contributed by atoms with Crippen molar-refractivity contribution in [1.82, 2.24) is 8.87 Å². The highest BCUT2D eigenvalue weighted by molar-refractivity contribution is 7.89. The van der Waals surface area contributed by atoms with Gasteiger partial charge in [0, 0.05) is 31.8 Å². The molecule has 1 N–H and O–H groups in total. The first-order chi connectivity index (χ1) is 13.5. The van der Waals surface area contributed by atoms with E-state index >= 15 is 0 Å². The molecular weight excluding hydrogens is 374 g/mol. The third-order valence-electron chi connectivity index (χ3n) is 5.58. The van der Waals surface area contributed by atoms with E-state index in [4.69, 9.17) is 0 Å². The Hall–Kier alpha value is -2.22. The first-order valence-electron chi connectivity index (χ1n) is 9.83. The van der Waals surface area contributed by atoms with Crippen molar-refractivity contribution in [1.29, 1.82) is 0 Å². The van der Waals surface area contributed by atoms with Gasteiger partial charge in [0.1, 0.15) is 0 Å². The zero-order valence-corrected chi connectivity index (χ0v) is 16.7. The lowest BCUT2D eigenvalue weighted by atomic mass is 10.00. The molecular formula is C21H26N3O3S+. The van der Waals surface area contributed by atoms with E-state index in [1.807, 2.05) is 18.2 Å². The molecule has 0 saturated carbocycles. The van der Waals surface area contributed by atoms with Crippen LogP contribution in [0.25, 0.3) is 5.57 Å². The third kappa shape index (κ3) is 3.97. The fourth-order valence-corrected chi connectivity index (χ4v) is 5.48. The largest absolute Gasteiger partial charge is 0.314 e. The van der Waals surface area contributed by atoms with Gasteiger partial charge < -0.3 is 4.90 Å². The molecule has 2 aliphatic heterocycles. The number of hydrogen-bond acceptors (Lipinski definition) is 3. The summed E-state index contributed by atoms with van der Waals surface area (Å²) in [6, 6.07) is 13.1. The van der Waals surface area contributed by atoms with Crippen molar-refractivity contribution in [3.63, 3.8) is 0 Å². The van der Waals surface area contributed by atoms with Gasteiger partial charge in [-0.2, -0.15) is 4.31 Å². The quantitative estimate of drug-likeness (QED) is 0.813. The zero-order chi connectivity index (χ0) is 19.6. The predicted octanol–water partition coefficient (Wildman–Crippen LogP) is 0.963. The molecule has 0 bridgehead atoms. The van der Waals surface area contributed by atoms with E-state index in [1.54, 1.807) is 4.57 Å². The summed E-state index contributed by atoms with van der Waals surface area (Å²) in [7, 11) is -3.51. The minimum absolute atomic E-state index is 0.161. The number of hydrogen-bond donors (Lipinski definition) is 1. The molecule has 1 atom stereocenters. The molecule has 4 rings (SSSR count). The van der Waals surface area contributed by atoms with E-state index in [2.05, 4.69) is 18.2 Å². The summed E-state index contributed by atoms with van der Waals surface area (Å²) in [6.45, 7) is 3.33. The molecule has 1 aromatic heterocycles. The van der Waals surface area contributed by atoms with Crippen LogP contribution in [0, 0.1) is 0 Å². The zero-order valence-electron chi connectivity index (χ0n) is 15.9. The number of pyridine rings is 1. The Morgan fingerprint density at radius 3 is 2.43 bits per heavy atom. The average molecular weight is 401 g/mol. The summed E-state index contributed by atoms with van der Waals surface area (Å²) < 4.78 is 28.6. The van der Waals surface area contributed by atoms with Crippen molar-refractivity contribution in [3.05, 3.63) is 70.7 Å². The smallest absolute Gasteiger partial charge is 0.254 e. The Morgan fingerprint density at radius 1 is 1.00 bits per heavy atom. The van der Waals surface area contributed by atoms with Crippen LogP contribution in [-0.2, 0) is 16.7 Å². The van der Waals surface area contributed by atoms with E-state index in [0.29, 0.717) is 19.8 Å². The normalized spacial score (nSPS) is 20.9. The van der Waals surface area contributed by atoms with Crippen LogP contribution in [0.3, 0.4) is 0 Å². The molecule has 28 heavy (non-hydrogen) atoms. The monoisotopic (exact) mass is 400 g/mol. The number of quaternary nitrogens is 1. The number of nitrogens with one attached hydrogen (secondary N) is 1. The number of rotatable bonds is 5. The lowest BCUT2D eigenvalue weighted by Crippen LogP contribution is -3.12. The lowest BCUT2D eigenvalue weighted by molar-refractivity contribution is -0.918. The first-order valence-corrected chi connectivity index (χ1v) is 11.3. The highest BCUT2D eigenvalue weighted by atomic mass is 32.2. The Labute approximate surface area is 165 Å². The molecule has 2 aliphatic rings. The first kappa shape index (κ1) is 19.1. The minimum atomic E-state index is -3.51. The van der Waals surface area contributed by atoms with E-state index in [1.165, 1.54) is 38.7 Å². The van der Waals surface area contributed by atoms with Crippen LogP contribution < -0.4 is 10.5 Å². The minimum Gasteiger partial charge on any atom is -0.314 e. The molecule has 6 nitrogen and oxygen atoms in total. The van der Waals surface area contributed by atoms with Crippen LogP contribution in [0.1, 0.15) is 24.8 Å². The molecule has 0 amide bonds. The SMILES string of the molecule is O=c1ccc(S(=O)(=O)N2CCCC2)cn1C[NH+]1CC=C(c2ccccc2)CC1. The van der Waals surface area contributed by atoms with Crippen LogP contribution in [0.15, 0.2) is 64.4 Å². The summed E-state index contributed by atoms with van der Waals surface area (Å²) in [5, 5.41) is 0. The van der Waals surface area contributed by atoms with E-state index in [-0.39, 0.29) is 10.5 Å². The second kappa shape index (κ2) is 8.03. The van der Waals surface area contributed by atoms with Crippen LogP contribution in [0.2, 0.25) is 0 Å². The van der Waals surface area contributed by atoms with Crippen LogP contribution in [0.4, 0.5) is 0 Å². The molecule has 3 heterocycles. The number of nitrogens with zero attached hydrogens (tertiary/aromatic N) is 2. The van der Waals surface area contributed by atoms with Crippen molar-refractivity contribution in [2.75, 3.05) is 26.2 Å². The molecule has 148 valence electrons. The molecule has 7 heteroatoms. The van der Waals surface area contributed by atoms with Gasteiger partial charge in [-0.05, 0) is 36.1 Å². The number of sulfonamides is 1. The molecule has 1 saturated heterocycles. The molecule has 2 aromatic rings. The molecule has 1 unspecified atom stereocenters.